The molecule has 0 aliphatic carbocycles. The molecule has 0 unspecified atom stereocenters. The summed E-state index contributed by atoms with van der Waals surface area (Å²) in [6, 6.07) is 13.8. The molecule has 0 radical (unpaired) electrons. The van der Waals surface area contributed by atoms with Gasteiger partial charge < -0.3 is 15.8 Å². The molecule has 1 atom stereocenters. The van der Waals surface area contributed by atoms with Gasteiger partial charge in [-0.05, 0) is 35.4 Å². The number of amides is 1. The maximum absolute atomic E-state index is 13.0. The highest BCUT2D eigenvalue weighted by Crippen LogP contribution is 2.42. The second-order valence-corrected chi connectivity index (χ2v) is 7.12. The third-order valence-electron chi connectivity index (χ3n) is 4.21. The predicted molar refractivity (Wildman–Crippen MR) is 98.8 cm³/mol. The summed E-state index contributed by atoms with van der Waals surface area (Å²) >= 11 is 1.39. The first-order chi connectivity index (χ1) is 12.6. The highest BCUT2D eigenvalue weighted by molar-refractivity contribution is 7.16. The number of halogens is 1. The Morgan fingerprint density at radius 1 is 1.27 bits per heavy atom. The number of aromatic nitrogens is 1. The largest absolute Gasteiger partial charge is 0.489 e. The molecule has 7 heteroatoms. The molecule has 26 heavy (non-hydrogen) atoms. The fourth-order valence-electron chi connectivity index (χ4n) is 2.97. The number of nitrogens with two attached hydrogens (primary N) is 1. The summed E-state index contributed by atoms with van der Waals surface area (Å²) in [6.07, 6.45) is 0.343. The number of benzene rings is 2. The average Bonchev–Trinajstić information content (AvgIpc) is 3.00. The predicted octanol–water partition coefficient (Wildman–Crippen LogP) is 3.92. The first kappa shape index (κ1) is 16.5. The summed E-state index contributed by atoms with van der Waals surface area (Å²) in [7, 11) is 0. The third kappa shape index (κ3) is 3.39. The van der Waals surface area contributed by atoms with Crippen LogP contribution in [0.3, 0.4) is 0 Å². The second kappa shape index (κ2) is 6.76. The zero-order chi connectivity index (χ0) is 18.1. The van der Waals surface area contributed by atoms with Crippen molar-refractivity contribution in [2.24, 2.45) is 0 Å². The Labute approximate surface area is 153 Å². The molecule has 2 aromatic carbocycles. The number of nitrogen functional groups attached to an aromatic ring is 1. The van der Waals surface area contributed by atoms with E-state index in [2.05, 4.69) is 10.3 Å². The van der Waals surface area contributed by atoms with Gasteiger partial charge in [0, 0.05) is 12.3 Å². The summed E-state index contributed by atoms with van der Waals surface area (Å²) in [6.45, 7) is 0.341. The first-order valence-electron chi connectivity index (χ1n) is 8.12. The molecule has 1 aliphatic rings. The van der Waals surface area contributed by atoms with Crippen LogP contribution in [0.4, 0.5) is 15.3 Å². The van der Waals surface area contributed by atoms with E-state index in [1.54, 1.807) is 12.1 Å². The van der Waals surface area contributed by atoms with Crippen molar-refractivity contribution in [1.82, 2.24) is 4.98 Å². The van der Waals surface area contributed by atoms with E-state index >= 15 is 0 Å². The molecule has 0 spiro atoms. The molecular formula is C19H16FN3O2S. The van der Waals surface area contributed by atoms with Gasteiger partial charge in [-0.2, -0.15) is 0 Å². The molecule has 3 aromatic rings. The van der Waals surface area contributed by atoms with E-state index in [0.29, 0.717) is 29.7 Å². The average molecular weight is 369 g/mol. The molecule has 2 heterocycles. The van der Waals surface area contributed by atoms with Gasteiger partial charge in [0.15, 0.2) is 5.13 Å². The zero-order valence-corrected chi connectivity index (χ0v) is 14.6. The molecule has 132 valence electrons. The molecule has 1 aliphatic heterocycles. The third-order valence-corrected chi connectivity index (χ3v) is 5.21. The van der Waals surface area contributed by atoms with Gasteiger partial charge in [-0.15, -0.1) is 0 Å². The topological polar surface area (TPSA) is 77.2 Å². The van der Waals surface area contributed by atoms with E-state index in [-0.39, 0.29) is 17.6 Å². The number of carbonyl (C=O) groups is 1. The Morgan fingerprint density at radius 2 is 2.08 bits per heavy atom. The standard InChI is InChI=1S/C19H16FN3O2S/c20-13-6-4-11(5-7-13)10-25-14-3-1-2-12(8-14)15-9-16(24)22-18-17(15)26-19(21)23-18/h1-8,15H,9-10H2,(H2,21,23)(H,22,24)/t15-/m0/s1. The van der Waals surface area contributed by atoms with Crippen LogP contribution in [-0.4, -0.2) is 10.9 Å². The number of fused-ring (bicyclic) bond motifs is 1. The van der Waals surface area contributed by atoms with E-state index in [1.165, 1.54) is 23.5 Å². The molecule has 4 rings (SSSR count). The normalized spacial score (nSPS) is 16.0. The molecule has 1 amide bonds. The SMILES string of the molecule is Nc1nc2c(s1)[C@H](c1cccc(OCc3ccc(F)cc3)c1)CC(=O)N2. The van der Waals surface area contributed by atoms with Gasteiger partial charge in [0.05, 0.1) is 4.88 Å². The van der Waals surface area contributed by atoms with Gasteiger partial charge in [0.2, 0.25) is 5.91 Å². The molecule has 3 N–H and O–H groups in total. The number of nitrogens with zero attached hydrogens (tertiary/aromatic N) is 1. The monoisotopic (exact) mass is 369 g/mol. The van der Waals surface area contributed by atoms with Crippen LogP contribution in [-0.2, 0) is 11.4 Å². The van der Waals surface area contributed by atoms with Gasteiger partial charge >= 0.3 is 0 Å². The highest BCUT2D eigenvalue weighted by atomic mass is 32.1. The zero-order valence-electron chi connectivity index (χ0n) is 13.7. The summed E-state index contributed by atoms with van der Waals surface area (Å²) in [4.78, 5) is 17.1. The van der Waals surface area contributed by atoms with Crippen molar-refractivity contribution in [3.8, 4) is 5.75 Å². The lowest BCUT2D eigenvalue weighted by atomic mass is 9.91. The molecule has 0 fully saturated rings. The van der Waals surface area contributed by atoms with Crippen LogP contribution in [0, 0.1) is 5.82 Å². The van der Waals surface area contributed by atoms with Crippen molar-refractivity contribution in [3.63, 3.8) is 0 Å². The van der Waals surface area contributed by atoms with Gasteiger partial charge in [-0.25, -0.2) is 9.37 Å². The van der Waals surface area contributed by atoms with Crippen LogP contribution in [0.2, 0.25) is 0 Å². The number of anilines is 2. The Kier molecular flexibility index (Phi) is 4.30. The van der Waals surface area contributed by atoms with E-state index < -0.39 is 0 Å². The number of thiazole rings is 1. The van der Waals surface area contributed by atoms with Gasteiger partial charge in [-0.1, -0.05) is 35.6 Å². The van der Waals surface area contributed by atoms with Crippen molar-refractivity contribution in [2.45, 2.75) is 18.9 Å². The van der Waals surface area contributed by atoms with Gasteiger partial charge in [0.25, 0.3) is 0 Å². The number of hydrogen-bond donors (Lipinski definition) is 2. The molecule has 5 nitrogen and oxygen atoms in total. The van der Waals surface area contributed by atoms with Gasteiger partial charge in [-0.3, -0.25) is 4.79 Å². The molecular weight excluding hydrogens is 353 g/mol. The van der Waals surface area contributed by atoms with Crippen molar-refractivity contribution >= 4 is 28.2 Å². The quantitative estimate of drug-likeness (QED) is 0.731. The first-order valence-corrected chi connectivity index (χ1v) is 8.93. The summed E-state index contributed by atoms with van der Waals surface area (Å²) in [5.41, 5.74) is 7.66. The fraction of sp³-hybridized carbons (Fsp3) is 0.158. The summed E-state index contributed by atoms with van der Waals surface area (Å²) in [5, 5.41) is 3.20. The van der Waals surface area contributed by atoms with Crippen LogP contribution in [0.1, 0.15) is 28.3 Å². The van der Waals surface area contributed by atoms with E-state index in [1.807, 2.05) is 24.3 Å². The van der Waals surface area contributed by atoms with Crippen LogP contribution in [0.25, 0.3) is 0 Å². The van der Waals surface area contributed by atoms with Crippen molar-refractivity contribution in [3.05, 3.63) is 70.4 Å². The van der Waals surface area contributed by atoms with Gasteiger partial charge in [0.1, 0.15) is 24.0 Å². The number of rotatable bonds is 4. The molecule has 0 saturated carbocycles. The minimum Gasteiger partial charge on any atom is -0.489 e. The number of ether oxygens (including phenoxy) is 1. The lowest BCUT2D eigenvalue weighted by Gasteiger charge is -2.22. The number of hydrogen-bond acceptors (Lipinski definition) is 5. The van der Waals surface area contributed by atoms with Crippen molar-refractivity contribution in [2.75, 3.05) is 11.1 Å². The maximum atomic E-state index is 13.0. The Balaban J connectivity index is 1.56. The van der Waals surface area contributed by atoms with E-state index in [0.717, 1.165) is 16.0 Å². The number of nitrogens with one attached hydrogen (secondary N) is 1. The van der Waals surface area contributed by atoms with E-state index in [9.17, 15) is 9.18 Å². The highest BCUT2D eigenvalue weighted by Gasteiger charge is 2.30. The van der Waals surface area contributed by atoms with Crippen molar-refractivity contribution in [1.29, 1.82) is 0 Å². The Hall–Kier alpha value is -2.93. The lowest BCUT2D eigenvalue weighted by molar-refractivity contribution is -0.116. The van der Waals surface area contributed by atoms with E-state index in [4.69, 9.17) is 10.5 Å². The lowest BCUT2D eigenvalue weighted by Crippen LogP contribution is -2.22. The van der Waals surface area contributed by atoms with Crippen molar-refractivity contribution < 1.29 is 13.9 Å². The summed E-state index contributed by atoms with van der Waals surface area (Å²) in [5.74, 6) is 0.794. The maximum Gasteiger partial charge on any atom is 0.226 e. The fourth-order valence-corrected chi connectivity index (χ4v) is 3.89. The molecule has 0 bridgehead atoms. The Bertz CT molecular complexity index is 956. The minimum absolute atomic E-state index is 0.0783. The molecule has 1 aromatic heterocycles. The second-order valence-electron chi connectivity index (χ2n) is 6.06. The van der Waals surface area contributed by atoms with Crippen LogP contribution >= 0.6 is 11.3 Å². The summed E-state index contributed by atoms with van der Waals surface area (Å²) < 4.78 is 18.8. The minimum atomic E-state index is -0.272. The van der Waals surface area contributed by atoms with Crippen LogP contribution in [0.5, 0.6) is 5.75 Å². The smallest absolute Gasteiger partial charge is 0.226 e. The molecule has 0 saturated heterocycles. The van der Waals surface area contributed by atoms with Crippen LogP contribution in [0.15, 0.2) is 48.5 Å². The van der Waals surface area contributed by atoms with Crippen LogP contribution < -0.4 is 15.8 Å². The Morgan fingerprint density at radius 3 is 2.88 bits per heavy atom. The number of carbonyl (C=O) groups excluding carboxylic acids is 1.